The smallest absolute Gasteiger partial charge is 0.233 e. The van der Waals surface area contributed by atoms with Crippen LogP contribution >= 0.6 is 11.5 Å². The van der Waals surface area contributed by atoms with Gasteiger partial charge in [-0.15, -0.1) is 0 Å². The molecule has 3 rings (SSSR count). The van der Waals surface area contributed by atoms with Crippen LogP contribution in [-0.2, 0) is 0 Å². The number of nitrogens with zero attached hydrogens (tertiary/aromatic N) is 4. The summed E-state index contributed by atoms with van der Waals surface area (Å²) in [6.07, 6.45) is 5.33. The second kappa shape index (κ2) is 5.40. The molecule has 0 amide bonds. The average molecular weight is 267 g/mol. The molecular weight excluding hydrogens is 246 g/mol. The van der Waals surface area contributed by atoms with E-state index in [2.05, 4.69) is 19.2 Å². The minimum absolute atomic E-state index is 0.411. The lowest BCUT2D eigenvalue weighted by Crippen LogP contribution is -2.38. The third kappa shape index (κ3) is 2.75. The van der Waals surface area contributed by atoms with Gasteiger partial charge in [0.1, 0.15) is 0 Å². The Morgan fingerprint density at radius 2 is 1.89 bits per heavy atom. The van der Waals surface area contributed by atoms with Gasteiger partial charge >= 0.3 is 0 Å². The van der Waals surface area contributed by atoms with E-state index in [1.165, 1.54) is 56.9 Å². The molecule has 0 spiro atoms. The first kappa shape index (κ1) is 12.2. The van der Waals surface area contributed by atoms with Gasteiger partial charge in [-0.3, -0.25) is 0 Å². The zero-order chi connectivity index (χ0) is 12.4. The number of piperidine rings is 1. The van der Waals surface area contributed by atoms with E-state index in [9.17, 15) is 0 Å². The van der Waals surface area contributed by atoms with Crippen LogP contribution in [0.1, 0.15) is 25.7 Å². The quantitative estimate of drug-likeness (QED) is 0.898. The van der Waals surface area contributed by atoms with E-state index >= 15 is 0 Å². The zero-order valence-corrected chi connectivity index (χ0v) is 11.5. The molecule has 3 heterocycles. The molecule has 6 heteroatoms. The second-order valence-corrected chi connectivity index (χ2v) is 6.10. The molecule has 0 atom stereocenters. The van der Waals surface area contributed by atoms with Crippen LogP contribution in [0.4, 0.5) is 11.1 Å². The number of aromatic nitrogens is 2. The van der Waals surface area contributed by atoms with Crippen molar-refractivity contribution >= 4 is 22.6 Å². The van der Waals surface area contributed by atoms with Gasteiger partial charge in [0.05, 0.1) is 0 Å². The molecule has 100 valence electrons. The maximum atomic E-state index is 5.58. The van der Waals surface area contributed by atoms with Crippen LogP contribution in [0.15, 0.2) is 0 Å². The van der Waals surface area contributed by atoms with E-state index in [-0.39, 0.29) is 0 Å². The van der Waals surface area contributed by atoms with Crippen molar-refractivity contribution in [1.29, 1.82) is 0 Å². The lowest BCUT2D eigenvalue weighted by molar-refractivity contribution is 0.249. The number of hydrogen-bond donors (Lipinski definition) is 1. The maximum absolute atomic E-state index is 5.58. The van der Waals surface area contributed by atoms with Crippen molar-refractivity contribution in [3.63, 3.8) is 0 Å². The van der Waals surface area contributed by atoms with Crippen molar-refractivity contribution in [3.8, 4) is 0 Å². The van der Waals surface area contributed by atoms with Crippen LogP contribution < -0.4 is 10.6 Å². The summed E-state index contributed by atoms with van der Waals surface area (Å²) < 4.78 is 4.05. The molecule has 2 saturated heterocycles. The molecule has 18 heavy (non-hydrogen) atoms. The summed E-state index contributed by atoms with van der Waals surface area (Å²) in [5.74, 6) is 1.28. The highest BCUT2D eigenvalue weighted by atomic mass is 32.1. The fraction of sp³-hybridized carbons (Fsp3) is 0.833. The van der Waals surface area contributed by atoms with Gasteiger partial charge in [0.25, 0.3) is 0 Å². The highest BCUT2D eigenvalue weighted by Crippen LogP contribution is 2.26. The molecule has 5 nitrogen and oxygen atoms in total. The Kier molecular flexibility index (Phi) is 3.65. The predicted molar refractivity (Wildman–Crippen MR) is 74.9 cm³/mol. The standard InChI is InChI=1S/C12H21N5S/c13-11-14-12(18-15-11)17-7-3-10(4-8-17)9-16-5-1-2-6-16/h10H,1-9H2,(H2,13,15). The molecule has 0 unspecified atom stereocenters. The Morgan fingerprint density at radius 3 is 2.50 bits per heavy atom. The van der Waals surface area contributed by atoms with Crippen molar-refractivity contribution in [2.75, 3.05) is 43.4 Å². The number of likely N-dealkylation sites (tertiary alicyclic amines) is 1. The van der Waals surface area contributed by atoms with Crippen molar-refractivity contribution in [2.45, 2.75) is 25.7 Å². The molecular formula is C12H21N5S. The first-order valence-corrected chi connectivity index (χ1v) is 7.65. The minimum Gasteiger partial charge on any atom is -0.367 e. The van der Waals surface area contributed by atoms with Gasteiger partial charge in [-0.05, 0) is 44.7 Å². The highest BCUT2D eigenvalue weighted by molar-refractivity contribution is 7.09. The molecule has 0 aromatic carbocycles. The van der Waals surface area contributed by atoms with Crippen LogP contribution in [0, 0.1) is 5.92 Å². The SMILES string of the molecule is Nc1nsc(N2CCC(CN3CCCC3)CC2)n1. The summed E-state index contributed by atoms with van der Waals surface area (Å²) in [5.41, 5.74) is 5.58. The molecule has 2 aliphatic rings. The van der Waals surface area contributed by atoms with Crippen molar-refractivity contribution < 1.29 is 0 Å². The summed E-state index contributed by atoms with van der Waals surface area (Å²) in [7, 11) is 0. The summed E-state index contributed by atoms with van der Waals surface area (Å²) in [6, 6.07) is 0. The Morgan fingerprint density at radius 1 is 1.17 bits per heavy atom. The van der Waals surface area contributed by atoms with Gasteiger partial charge in [-0.25, -0.2) is 0 Å². The maximum Gasteiger partial charge on any atom is 0.233 e. The third-order valence-electron chi connectivity index (χ3n) is 4.03. The van der Waals surface area contributed by atoms with Gasteiger partial charge in [-0.1, -0.05) is 0 Å². The topological polar surface area (TPSA) is 58.3 Å². The fourth-order valence-corrected chi connectivity index (χ4v) is 3.64. The van der Waals surface area contributed by atoms with Gasteiger partial charge < -0.3 is 15.5 Å². The average Bonchev–Trinajstić information content (AvgIpc) is 3.02. The van der Waals surface area contributed by atoms with Gasteiger partial charge in [0.15, 0.2) is 0 Å². The van der Waals surface area contributed by atoms with Crippen LogP contribution in [-0.4, -0.2) is 47.0 Å². The monoisotopic (exact) mass is 267 g/mol. The molecule has 0 aliphatic carbocycles. The lowest BCUT2D eigenvalue weighted by Gasteiger charge is -2.33. The van der Waals surface area contributed by atoms with E-state index in [4.69, 9.17) is 5.73 Å². The zero-order valence-electron chi connectivity index (χ0n) is 10.7. The van der Waals surface area contributed by atoms with Crippen molar-refractivity contribution in [2.24, 2.45) is 5.92 Å². The van der Waals surface area contributed by atoms with Crippen molar-refractivity contribution in [3.05, 3.63) is 0 Å². The van der Waals surface area contributed by atoms with Crippen molar-refractivity contribution in [1.82, 2.24) is 14.3 Å². The Labute approximate surface area is 112 Å². The Bertz CT molecular complexity index is 380. The van der Waals surface area contributed by atoms with E-state index in [0.717, 1.165) is 24.1 Å². The Hall–Kier alpha value is -0.880. The van der Waals surface area contributed by atoms with Crippen LogP contribution in [0.2, 0.25) is 0 Å². The van der Waals surface area contributed by atoms with Crippen LogP contribution in [0.3, 0.4) is 0 Å². The van der Waals surface area contributed by atoms with Crippen LogP contribution in [0.25, 0.3) is 0 Å². The van der Waals surface area contributed by atoms with Gasteiger partial charge in [0.2, 0.25) is 11.1 Å². The van der Waals surface area contributed by atoms with Gasteiger partial charge in [0, 0.05) is 31.2 Å². The Balaban J connectivity index is 1.48. The minimum atomic E-state index is 0.411. The lowest BCUT2D eigenvalue weighted by atomic mass is 9.96. The molecule has 2 fully saturated rings. The molecule has 1 aromatic heterocycles. The predicted octanol–water partition coefficient (Wildman–Crippen LogP) is 1.43. The largest absolute Gasteiger partial charge is 0.367 e. The number of nitrogen functional groups attached to an aromatic ring is 1. The number of nitrogens with two attached hydrogens (primary N) is 1. The van der Waals surface area contributed by atoms with E-state index in [0.29, 0.717) is 5.95 Å². The normalized spacial score (nSPS) is 22.8. The number of anilines is 2. The van der Waals surface area contributed by atoms with Gasteiger partial charge in [-0.2, -0.15) is 9.36 Å². The summed E-state index contributed by atoms with van der Waals surface area (Å²) >= 11 is 1.42. The number of rotatable bonds is 3. The first-order chi connectivity index (χ1) is 8.81. The van der Waals surface area contributed by atoms with Crippen LogP contribution in [0.5, 0.6) is 0 Å². The first-order valence-electron chi connectivity index (χ1n) is 6.88. The molecule has 2 aliphatic heterocycles. The molecule has 0 saturated carbocycles. The molecule has 2 N–H and O–H groups in total. The third-order valence-corrected chi connectivity index (χ3v) is 4.82. The number of hydrogen-bond acceptors (Lipinski definition) is 6. The molecule has 0 radical (unpaired) electrons. The molecule has 0 bridgehead atoms. The van der Waals surface area contributed by atoms with E-state index in [1.807, 2.05) is 0 Å². The second-order valence-electron chi connectivity index (χ2n) is 5.37. The highest BCUT2D eigenvalue weighted by Gasteiger charge is 2.24. The summed E-state index contributed by atoms with van der Waals surface area (Å²) in [4.78, 5) is 9.22. The fourth-order valence-electron chi connectivity index (χ4n) is 2.99. The molecule has 1 aromatic rings. The summed E-state index contributed by atoms with van der Waals surface area (Å²) in [5, 5.41) is 0.993. The van der Waals surface area contributed by atoms with E-state index in [1.54, 1.807) is 0 Å². The van der Waals surface area contributed by atoms with E-state index < -0.39 is 0 Å². The summed E-state index contributed by atoms with van der Waals surface area (Å²) in [6.45, 7) is 6.13.